The molecule has 114 valence electrons. The van der Waals surface area contributed by atoms with Crippen LogP contribution in [0.15, 0.2) is 24.3 Å². The van der Waals surface area contributed by atoms with E-state index in [4.69, 9.17) is 4.74 Å². The Balaban J connectivity index is 2.35. The molecule has 0 aromatic heterocycles. The second kappa shape index (κ2) is 8.27. The summed E-state index contributed by atoms with van der Waals surface area (Å²) in [5.41, 5.74) is 2.11. The zero-order chi connectivity index (χ0) is 15.0. The third-order valence-corrected chi connectivity index (χ3v) is 3.05. The van der Waals surface area contributed by atoms with Gasteiger partial charge in [-0.05, 0) is 23.6 Å². The van der Waals surface area contributed by atoms with Crippen LogP contribution >= 0.6 is 0 Å². The van der Waals surface area contributed by atoms with E-state index < -0.39 is 12.6 Å². The molecule has 0 radical (unpaired) electrons. The summed E-state index contributed by atoms with van der Waals surface area (Å²) in [7, 11) is 0. The minimum Gasteiger partial charge on any atom is -0.376 e. The molecule has 1 aromatic carbocycles. The van der Waals surface area contributed by atoms with E-state index in [0.29, 0.717) is 5.92 Å². The van der Waals surface area contributed by atoms with Gasteiger partial charge in [0.2, 0.25) is 0 Å². The number of rotatable bonds is 8. The van der Waals surface area contributed by atoms with Gasteiger partial charge >= 0.3 is 6.18 Å². The largest absolute Gasteiger partial charge is 0.391 e. The summed E-state index contributed by atoms with van der Waals surface area (Å²) in [6.45, 7) is 5.99. The highest BCUT2D eigenvalue weighted by molar-refractivity contribution is 5.24. The number of likely N-dealkylation sites (N-methyl/N-ethyl adjacent to an activating group) is 1. The molecule has 1 aromatic rings. The van der Waals surface area contributed by atoms with Gasteiger partial charge < -0.3 is 10.1 Å². The first-order valence-corrected chi connectivity index (χ1v) is 6.86. The third-order valence-electron chi connectivity index (χ3n) is 3.05. The summed E-state index contributed by atoms with van der Waals surface area (Å²) in [5.74, 6) is 0.412. The highest BCUT2D eigenvalue weighted by Crippen LogP contribution is 2.20. The Morgan fingerprint density at radius 1 is 1.20 bits per heavy atom. The zero-order valence-electron chi connectivity index (χ0n) is 12.0. The first kappa shape index (κ1) is 17.0. The molecule has 0 aliphatic heterocycles. The van der Waals surface area contributed by atoms with Gasteiger partial charge in [-0.15, -0.1) is 0 Å². The summed E-state index contributed by atoms with van der Waals surface area (Å²) in [4.78, 5) is 0. The monoisotopic (exact) mass is 289 g/mol. The number of hydrogen-bond acceptors (Lipinski definition) is 2. The Morgan fingerprint density at radius 3 is 2.40 bits per heavy atom. The number of nitrogens with one attached hydrogen (secondary N) is 1. The SMILES string of the molecule is CCNCC(C)c1ccc(COCCC(F)(F)F)cc1. The first-order valence-electron chi connectivity index (χ1n) is 6.86. The predicted molar refractivity (Wildman–Crippen MR) is 73.7 cm³/mol. The molecule has 0 saturated heterocycles. The average molecular weight is 289 g/mol. The van der Waals surface area contributed by atoms with Crippen molar-refractivity contribution in [3.05, 3.63) is 35.4 Å². The maximum atomic E-state index is 11.9. The van der Waals surface area contributed by atoms with E-state index >= 15 is 0 Å². The van der Waals surface area contributed by atoms with E-state index in [0.717, 1.165) is 18.7 Å². The van der Waals surface area contributed by atoms with Gasteiger partial charge in [0, 0.05) is 6.54 Å². The molecule has 0 aliphatic carbocycles. The molecule has 0 amide bonds. The van der Waals surface area contributed by atoms with Gasteiger partial charge in [-0.1, -0.05) is 38.1 Å². The summed E-state index contributed by atoms with van der Waals surface area (Å²) >= 11 is 0. The molecule has 2 nitrogen and oxygen atoms in total. The predicted octanol–water partition coefficient (Wildman–Crippen LogP) is 3.87. The van der Waals surface area contributed by atoms with Crippen LogP contribution in [0.25, 0.3) is 0 Å². The van der Waals surface area contributed by atoms with Crippen LogP contribution in [0.4, 0.5) is 13.2 Å². The van der Waals surface area contributed by atoms with Crippen LogP contribution in [0, 0.1) is 0 Å². The molecule has 1 atom stereocenters. The Bertz CT molecular complexity index is 376. The van der Waals surface area contributed by atoms with Gasteiger partial charge in [-0.25, -0.2) is 0 Å². The maximum absolute atomic E-state index is 11.9. The molecule has 0 spiro atoms. The quantitative estimate of drug-likeness (QED) is 0.734. The number of ether oxygens (including phenoxy) is 1. The van der Waals surface area contributed by atoms with Crippen molar-refractivity contribution in [2.45, 2.75) is 39.0 Å². The van der Waals surface area contributed by atoms with Crippen molar-refractivity contribution in [2.75, 3.05) is 19.7 Å². The molecule has 0 aliphatic rings. The molecular formula is C15H22F3NO. The fraction of sp³-hybridized carbons (Fsp3) is 0.600. The maximum Gasteiger partial charge on any atom is 0.391 e. The van der Waals surface area contributed by atoms with Gasteiger partial charge in [-0.3, -0.25) is 0 Å². The lowest BCUT2D eigenvalue weighted by Gasteiger charge is -2.13. The van der Waals surface area contributed by atoms with Crippen LogP contribution in [0.3, 0.4) is 0 Å². The van der Waals surface area contributed by atoms with Crippen molar-refractivity contribution in [3.63, 3.8) is 0 Å². The van der Waals surface area contributed by atoms with Gasteiger partial charge in [0.05, 0.1) is 19.6 Å². The van der Waals surface area contributed by atoms with E-state index in [-0.39, 0.29) is 13.2 Å². The van der Waals surface area contributed by atoms with Crippen LogP contribution < -0.4 is 5.32 Å². The molecule has 1 rings (SSSR count). The van der Waals surface area contributed by atoms with E-state index in [2.05, 4.69) is 19.2 Å². The third kappa shape index (κ3) is 6.91. The number of hydrogen-bond donors (Lipinski definition) is 1. The highest BCUT2D eigenvalue weighted by Gasteiger charge is 2.26. The molecule has 0 bridgehead atoms. The van der Waals surface area contributed by atoms with Gasteiger partial charge in [0.1, 0.15) is 0 Å². The second-order valence-corrected chi connectivity index (χ2v) is 4.87. The van der Waals surface area contributed by atoms with Crippen LogP contribution in [0.2, 0.25) is 0 Å². The standard InChI is InChI=1S/C15H22F3NO/c1-3-19-10-12(2)14-6-4-13(5-7-14)11-20-9-8-15(16,17)18/h4-7,12,19H,3,8-11H2,1-2H3. The van der Waals surface area contributed by atoms with Crippen molar-refractivity contribution in [3.8, 4) is 0 Å². The van der Waals surface area contributed by atoms with Crippen LogP contribution in [-0.4, -0.2) is 25.9 Å². The summed E-state index contributed by atoms with van der Waals surface area (Å²) in [5, 5.41) is 3.29. The molecule has 20 heavy (non-hydrogen) atoms. The zero-order valence-corrected chi connectivity index (χ0v) is 12.0. The van der Waals surface area contributed by atoms with Gasteiger partial charge in [0.15, 0.2) is 0 Å². The van der Waals surface area contributed by atoms with Crippen molar-refractivity contribution in [1.82, 2.24) is 5.32 Å². The van der Waals surface area contributed by atoms with Gasteiger partial charge in [0.25, 0.3) is 0 Å². The Kier molecular flexibility index (Phi) is 7.02. The normalized spacial score (nSPS) is 13.4. The minimum absolute atomic E-state index is 0.220. The summed E-state index contributed by atoms with van der Waals surface area (Å²) < 4.78 is 40.8. The molecule has 5 heteroatoms. The fourth-order valence-electron chi connectivity index (χ4n) is 1.80. The molecule has 0 heterocycles. The van der Waals surface area contributed by atoms with E-state index in [1.54, 1.807) is 0 Å². The number of halogens is 3. The molecular weight excluding hydrogens is 267 g/mol. The molecule has 0 saturated carbocycles. The van der Waals surface area contributed by atoms with Crippen molar-refractivity contribution < 1.29 is 17.9 Å². The number of alkyl halides is 3. The van der Waals surface area contributed by atoms with E-state index in [9.17, 15) is 13.2 Å². The molecule has 0 fully saturated rings. The van der Waals surface area contributed by atoms with Crippen LogP contribution in [-0.2, 0) is 11.3 Å². The smallest absolute Gasteiger partial charge is 0.376 e. The Labute approximate surface area is 118 Å². The van der Waals surface area contributed by atoms with Crippen molar-refractivity contribution >= 4 is 0 Å². The highest BCUT2D eigenvalue weighted by atomic mass is 19.4. The van der Waals surface area contributed by atoms with Gasteiger partial charge in [-0.2, -0.15) is 13.2 Å². The van der Waals surface area contributed by atoms with E-state index in [1.807, 2.05) is 24.3 Å². The van der Waals surface area contributed by atoms with Crippen LogP contribution in [0.1, 0.15) is 37.3 Å². The lowest BCUT2D eigenvalue weighted by atomic mass is 10.00. The second-order valence-electron chi connectivity index (χ2n) is 4.87. The Morgan fingerprint density at radius 2 is 1.85 bits per heavy atom. The van der Waals surface area contributed by atoms with Crippen LogP contribution in [0.5, 0.6) is 0 Å². The summed E-state index contributed by atoms with van der Waals surface area (Å²) in [6, 6.07) is 7.83. The Hall–Kier alpha value is -1.07. The van der Waals surface area contributed by atoms with Crippen molar-refractivity contribution in [1.29, 1.82) is 0 Å². The molecule has 1 unspecified atom stereocenters. The van der Waals surface area contributed by atoms with E-state index in [1.165, 1.54) is 5.56 Å². The lowest BCUT2D eigenvalue weighted by molar-refractivity contribution is -0.146. The minimum atomic E-state index is -4.15. The average Bonchev–Trinajstić information content (AvgIpc) is 2.40. The fourth-order valence-corrected chi connectivity index (χ4v) is 1.80. The lowest BCUT2D eigenvalue weighted by Crippen LogP contribution is -2.19. The van der Waals surface area contributed by atoms with Crippen molar-refractivity contribution in [2.24, 2.45) is 0 Å². The molecule has 1 N–H and O–H groups in total. The topological polar surface area (TPSA) is 21.3 Å². The number of benzene rings is 1. The first-order chi connectivity index (χ1) is 9.42. The summed E-state index contributed by atoms with van der Waals surface area (Å²) in [6.07, 6.45) is -5.05.